The zero-order valence-electron chi connectivity index (χ0n) is 36.5. The molecule has 9 rings (SSSR count). The van der Waals surface area contributed by atoms with Crippen LogP contribution in [-0.2, 0) is 37.9 Å². The van der Waals surface area contributed by atoms with Gasteiger partial charge in [0.2, 0.25) is 0 Å². The lowest BCUT2D eigenvalue weighted by Crippen LogP contribution is -2.67. The summed E-state index contributed by atoms with van der Waals surface area (Å²) in [5, 5.41) is 85.9. The van der Waals surface area contributed by atoms with Crippen molar-refractivity contribution in [2.24, 2.45) is 46.3 Å². The van der Waals surface area contributed by atoms with Gasteiger partial charge in [0.1, 0.15) is 61.0 Å². The molecule has 26 atom stereocenters. The van der Waals surface area contributed by atoms with E-state index < -0.39 is 105 Å². The minimum absolute atomic E-state index is 0.0272. The van der Waals surface area contributed by atoms with E-state index in [9.17, 15) is 40.9 Å². The zero-order chi connectivity index (χ0) is 43.5. The number of ether oxygens (including phenoxy) is 8. The van der Waals surface area contributed by atoms with Crippen LogP contribution in [0.2, 0.25) is 0 Å². The fraction of sp³-hybridized carbons (Fsp3) is 0.956. The second-order valence-corrected chi connectivity index (χ2v) is 21.1. The van der Waals surface area contributed by atoms with Crippen LogP contribution in [0.1, 0.15) is 99.3 Å². The van der Waals surface area contributed by atoms with Crippen molar-refractivity contribution >= 4 is 0 Å². The van der Waals surface area contributed by atoms with Crippen LogP contribution < -0.4 is 0 Å². The van der Waals surface area contributed by atoms with E-state index in [1.54, 1.807) is 0 Å². The summed E-state index contributed by atoms with van der Waals surface area (Å²) < 4.78 is 50.5. The van der Waals surface area contributed by atoms with Gasteiger partial charge in [0.15, 0.2) is 24.7 Å². The predicted molar refractivity (Wildman–Crippen MR) is 213 cm³/mol. The number of fused-ring (bicyclic) bond motifs is 7. The normalized spacial score (nSPS) is 58.4. The highest BCUT2D eigenvalue weighted by molar-refractivity contribution is 5.26. The van der Waals surface area contributed by atoms with Gasteiger partial charge < -0.3 is 78.7 Å². The van der Waals surface area contributed by atoms with Crippen LogP contribution in [0.25, 0.3) is 0 Å². The van der Waals surface area contributed by atoms with Gasteiger partial charge in [-0.15, -0.1) is 0 Å². The van der Waals surface area contributed by atoms with Crippen LogP contribution in [0, 0.1) is 46.3 Å². The molecule has 8 fully saturated rings. The Kier molecular flexibility index (Phi) is 12.4. The van der Waals surface area contributed by atoms with E-state index in [1.807, 2.05) is 0 Å². The van der Waals surface area contributed by atoms with Gasteiger partial charge in [0, 0.05) is 12.3 Å². The Labute approximate surface area is 358 Å². The molecule has 0 aromatic rings. The predicted octanol–water partition coefficient (Wildman–Crippen LogP) is 1.24. The Morgan fingerprint density at radius 1 is 0.689 bits per heavy atom. The first-order valence-corrected chi connectivity index (χ1v) is 23.2. The molecule has 61 heavy (non-hydrogen) atoms. The van der Waals surface area contributed by atoms with Crippen LogP contribution in [0.15, 0.2) is 11.6 Å². The monoisotopic (exact) mass is 868 g/mol. The zero-order valence-corrected chi connectivity index (χ0v) is 36.5. The van der Waals surface area contributed by atoms with Crippen LogP contribution in [0.5, 0.6) is 0 Å². The molecule has 0 aromatic carbocycles. The van der Waals surface area contributed by atoms with E-state index in [1.165, 1.54) is 19.4 Å². The minimum atomic E-state index is -1.73. The van der Waals surface area contributed by atoms with Crippen molar-refractivity contribution in [1.82, 2.24) is 0 Å². The minimum Gasteiger partial charge on any atom is -0.394 e. The lowest BCUT2D eigenvalue weighted by atomic mass is 9.47. The number of hydrogen-bond acceptors (Lipinski definition) is 16. The third-order valence-electron chi connectivity index (χ3n) is 17.6. The molecule has 1 unspecified atom stereocenters. The molecule has 9 aliphatic rings. The average molecular weight is 869 g/mol. The Bertz CT molecular complexity index is 1590. The second kappa shape index (κ2) is 16.8. The standard InChI is InChI=1S/C45H72O16/c1-19-9-14-45(54-18-19)20(2)30-28(61-45)16-27-25-8-7-23-15-24(10-12-43(23,5)26(25)11-13-44(27,30)6)57-42-39(60-41-37(53)35(51)32(48)22(4)56-41)38(33(49)29(17-46)58-42)59-40-36(52)34(50)31(47)21(3)55-40/h7,19-22,24-42,46-53H,8-18H2,1-6H3/t19-,20+,21+,22+,24?,25-,26+,27+,28+,29-,30+,31+,32+,33-,34-,35-,36-,37-,38+,39-,40+,41+,42-,43+,44+,45-/m1/s1. The van der Waals surface area contributed by atoms with E-state index in [0.717, 1.165) is 51.6 Å². The molecule has 5 heterocycles. The first kappa shape index (κ1) is 45.3. The first-order chi connectivity index (χ1) is 28.9. The molecular formula is C45H72O16. The number of allylic oxidation sites excluding steroid dienone is 1. The highest BCUT2D eigenvalue weighted by Crippen LogP contribution is 2.70. The van der Waals surface area contributed by atoms with Gasteiger partial charge in [-0.3, -0.25) is 0 Å². The molecule has 8 N–H and O–H groups in total. The van der Waals surface area contributed by atoms with Gasteiger partial charge in [-0.1, -0.05) is 39.3 Å². The van der Waals surface area contributed by atoms with Crippen LogP contribution >= 0.6 is 0 Å². The smallest absolute Gasteiger partial charge is 0.187 e. The summed E-state index contributed by atoms with van der Waals surface area (Å²) in [7, 11) is 0. The van der Waals surface area contributed by atoms with Crippen molar-refractivity contribution in [2.45, 2.75) is 209 Å². The summed E-state index contributed by atoms with van der Waals surface area (Å²) in [5.74, 6) is 2.61. The SMILES string of the molecule is C[C@@H]1CC[C@@]2(OC1)O[C@H]1C[C@H]3[C@@H]4CC=C5CC(O[C@@H]6O[C@H](CO)[C@@H](O)[C@H](O[C@@H]7O[C@@H](C)[C@H](O)[C@@H](O)[C@H]7O)[C@H]6O[C@@H]6O[C@@H](C)[C@H](O)[C@@H](O)[C@H]6O)CC[C@]5(C)[C@H]4CC[C@]3(C)[C@H]1[C@@H]2C. The fourth-order valence-electron chi connectivity index (χ4n) is 14.0. The van der Waals surface area contributed by atoms with Crippen molar-refractivity contribution < 1.29 is 78.7 Å². The van der Waals surface area contributed by atoms with E-state index in [0.29, 0.717) is 48.3 Å². The highest BCUT2D eigenvalue weighted by Gasteiger charge is 2.69. The molecule has 5 saturated heterocycles. The molecule has 0 aromatic heterocycles. The fourth-order valence-corrected chi connectivity index (χ4v) is 14.0. The third kappa shape index (κ3) is 7.42. The quantitative estimate of drug-likeness (QED) is 0.168. The lowest BCUT2D eigenvalue weighted by molar-refractivity contribution is -0.393. The largest absolute Gasteiger partial charge is 0.394 e. The van der Waals surface area contributed by atoms with E-state index >= 15 is 0 Å². The van der Waals surface area contributed by atoms with E-state index in [2.05, 4.69) is 33.8 Å². The van der Waals surface area contributed by atoms with Crippen molar-refractivity contribution in [3.63, 3.8) is 0 Å². The van der Waals surface area contributed by atoms with Gasteiger partial charge in [-0.05, 0) is 106 Å². The Morgan fingerprint density at radius 2 is 1.34 bits per heavy atom. The molecule has 0 amide bonds. The Hall–Kier alpha value is -0.900. The summed E-state index contributed by atoms with van der Waals surface area (Å²) in [4.78, 5) is 0. The molecule has 348 valence electrons. The summed E-state index contributed by atoms with van der Waals surface area (Å²) in [6, 6.07) is 0. The number of rotatable bonds is 7. The molecule has 0 radical (unpaired) electrons. The molecule has 3 saturated carbocycles. The van der Waals surface area contributed by atoms with Crippen molar-refractivity contribution in [1.29, 1.82) is 0 Å². The van der Waals surface area contributed by atoms with Crippen LogP contribution in [0.3, 0.4) is 0 Å². The van der Waals surface area contributed by atoms with E-state index in [4.69, 9.17) is 37.9 Å². The van der Waals surface area contributed by atoms with Crippen LogP contribution in [-0.4, -0.2) is 164 Å². The van der Waals surface area contributed by atoms with Crippen LogP contribution in [0.4, 0.5) is 0 Å². The average Bonchev–Trinajstić information content (AvgIpc) is 3.69. The van der Waals surface area contributed by atoms with Gasteiger partial charge in [0.25, 0.3) is 0 Å². The number of aliphatic hydroxyl groups is 8. The maximum atomic E-state index is 11.6. The van der Waals surface area contributed by atoms with Crippen molar-refractivity contribution in [3.8, 4) is 0 Å². The van der Waals surface area contributed by atoms with Crippen molar-refractivity contribution in [3.05, 3.63) is 11.6 Å². The topological polar surface area (TPSA) is 236 Å². The number of aliphatic hydroxyl groups excluding tert-OH is 8. The summed E-state index contributed by atoms with van der Waals surface area (Å²) >= 11 is 0. The molecule has 5 aliphatic heterocycles. The second-order valence-electron chi connectivity index (χ2n) is 21.1. The Balaban J connectivity index is 0.937. The lowest BCUT2D eigenvalue weighted by Gasteiger charge is -2.59. The molecule has 4 aliphatic carbocycles. The van der Waals surface area contributed by atoms with Gasteiger partial charge in [-0.2, -0.15) is 0 Å². The maximum Gasteiger partial charge on any atom is 0.187 e. The van der Waals surface area contributed by atoms with Gasteiger partial charge >= 0.3 is 0 Å². The maximum absolute atomic E-state index is 11.6. The summed E-state index contributed by atoms with van der Waals surface area (Å²) in [6.45, 7) is 12.7. The number of hydrogen-bond donors (Lipinski definition) is 8. The highest BCUT2D eigenvalue weighted by atomic mass is 16.8. The van der Waals surface area contributed by atoms with Gasteiger partial charge in [-0.25, -0.2) is 0 Å². The molecule has 0 bridgehead atoms. The molecule has 1 spiro atoms. The van der Waals surface area contributed by atoms with E-state index in [-0.39, 0.29) is 23.0 Å². The Morgan fingerprint density at radius 3 is 1.97 bits per heavy atom. The first-order valence-electron chi connectivity index (χ1n) is 23.2. The summed E-state index contributed by atoms with van der Waals surface area (Å²) in [5.41, 5.74) is 1.51. The van der Waals surface area contributed by atoms with Crippen molar-refractivity contribution in [2.75, 3.05) is 13.2 Å². The molecular weight excluding hydrogens is 796 g/mol. The molecule has 16 heteroatoms. The van der Waals surface area contributed by atoms with Gasteiger partial charge in [0.05, 0.1) is 37.6 Å². The molecule has 16 nitrogen and oxygen atoms in total. The summed E-state index contributed by atoms with van der Waals surface area (Å²) in [6.07, 6.45) is -10.6. The third-order valence-corrected chi connectivity index (χ3v) is 17.6.